The molecule has 5 heteroatoms. The van der Waals surface area contributed by atoms with E-state index in [4.69, 9.17) is 23.2 Å². The summed E-state index contributed by atoms with van der Waals surface area (Å²) in [5.41, 5.74) is 3.89. The molecule has 1 atom stereocenters. The molecule has 1 unspecified atom stereocenters. The van der Waals surface area contributed by atoms with Crippen molar-refractivity contribution in [1.29, 1.82) is 0 Å². The highest BCUT2D eigenvalue weighted by Gasteiger charge is 2.31. The number of hydrogen-bond donors (Lipinski definition) is 0. The highest BCUT2D eigenvalue weighted by molar-refractivity contribution is 6.35. The third-order valence-corrected chi connectivity index (χ3v) is 6.40. The summed E-state index contributed by atoms with van der Waals surface area (Å²) in [5, 5.41) is 1.27. The fourth-order valence-electron chi connectivity index (χ4n) is 4.22. The van der Waals surface area contributed by atoms with Crippen LogP contribution in [0.2, 0.25) is 10.0 Å². The van der Waals surface area contributed by atoms with E-state index < -0.39 is 0 Å². The zero-order valence-electron chi connectivity index (χ0n) is 15.3. The second-order valence-corrected chi connectivity index (χ2v) is 8.35. The number of fused-ring (bicyclic) bond motifs is 1. The summed E-state index contributed by atoms with van der Waals surface area (Å²) >= 11 is 12.2. The molecule has 0 radical (unpaired) electrons. The number of likely N-dealkylation sites (tertiary alicyclic amines) is 1. The first-order valence-electron chi connectivity index (χ1n) is 9.62. The number of carbonyl (C=O) groups excluding carboxylic acids is 1. The summed E-state index contributed by atoms with van der Waals surface area (Å²) in [4.78, 5) is 17.2. The number of benzene rings is 2. The van der Waals surface area contributed by atoms with Gasteiger partial charge in [0.05, 0.1) is 0 Å². The van der Waals surface area contributed by atoms with Crippen molar-refractivity contribution < 1.29 is 4.79 Å². The van der Waals surface area contributed by atoms with E-state index in [1.54, 1.807) is 6.07 Å². The maximum absolute atomic E-state index is 12.7. The van der Waals surface area contributed by atoms with Gasteiger partial charge in [-0.05, 0) is 48.1 Å². The predicted molar refractivity (Wildman–Crippen MR) is 110 cm³/mol. The van der Waals surface area contributed by atoms with E-state index in [0.29, 0.717) is 28.9 Å². The zero-order chi connectivity index (χ0) is 18.8. The molecule has 27 heavy (non-hydrogen) atoms. The molecule has 142 valence electrons. The van der Waals surface area contributed by atoms with E-state index in [-0.39, 0.29) is 5.91 Å². The quantitative estimate of drug-likeness (QED) is 0.746. The maximum Gasteiger partial charge on any atom is 0.222 e. The molecule has 0 bridgehead atoms. The second-order valence-electron chi connectivity index (χ2n) is 7.51. The Morgan fingerprint density at radius 1 is 1.07 bits per heavy atom. The molecule has 3 nitrogen and oxygen atoms in total. The summed E-state index contributed by atoms with van der Waals surface area (Å²) in [6, 6.07) is 14.7. The molecule has 1 saturated heterocycles. The van der Waals surface area contributed by atoms with E-state index in [0.717, 1.165) is 44.6 Å². The van der Waals surface area contributed by atoms with Gasteiger partial charge in [-0.1, -0.05) is 53.5 Å². The minimum Gasteiger partial charge on any atom is -0.341 e. The Balaban J connectivity index is 1.31. The summed E-state index contributed by atoms with van der Waals surface area (Å²) in [5.74, 6) is 0.223. The topological polar surface area (TPSA) is 23.6 Å². The molecule has 1 amide bonds. The molecule has 1 fully saturated rings. The van der Waals surface area contributed by atoms with Crippen LogP contribution in [0.1, 0.15) is 29.5 Å². The molecular weight excluding hydrogens is 379 g/mol. The Morgan fingerprint density at radius 2 is 1.89 bits per heavy atom. The Kier molecular flexibility index (Phi) is 5.72. The number of rotatable bonds is 4. The number of aryl methyl sites for hydroxylation is 1. The van der Waals surface area contributed by atoms with Crippen molar-refractivity contribution in [1.82, 2.24) is 9.80 Å². The third kappa shape index (κ3) is 4.31. The molecule has 2 aliphatic rings. The molecule has 0 aliphatic carbocycles. The van der Waals surface area contributed by atoms with Crippen molar-refractivity contribution in [2.75, 3.05) is 19.6 Å². The monoisotopic (exact) mass is 402 g/mol. The van der Waals surface area contributed by atoms with E-state index in [2.05, 4.69) is 29.2 Å². The molecule has 4 rings (SSSR count). The van der Waals surface area contributed by atoms with E-state index in [1.807, 2.05) is 17.0 Å². The van der Waals surface area contributed by atoms with Crippen LogP contribution in [-0.4, -0.2) is 41.4 Å². The minimum absolute atomic E-state index is 0.223. The SMILES string of the molecule is O=C(CCc1ccc(Cl)cc1Cl)N1CCC(N2CCc3ccccc3C2)C1. The van der Waals surface area contributed by atoms with Gasteiger partial charge in [-0.2, -0.15) is 0 Å². The van der Waals surface area contributed by atoms with E-state index in [1.165, 1.54) is 11.1 Å². The van der Waals surface area contributed by atoms with Crippen LogP contribution in [0.3, 0.4) is 0 Å². The smallest absolute Gasteiger partial charge is 0.222 e. The van der Waals surface area contributed by atoms with Gasteiger partial charge in [-0.25, -0.2) is 0 Å². The normalized spacial score (nSPS) is 19.9. The third-order valence-electron chi connectivity index (χ3n) is 5.82. The molecule has 2 aromatic rings. The Hall–Kier alpha value is -1.55. The van der Waals surface area contributed by atoms with Crippen LogP contribution in [0.25, 0.3) is 0 Å². The lowest BCUT2D eigenvalue weighted by atomic mass is 9.98. The first-order chi connectivity index (χ1) is 13.1. The number of amides is 1. The Morgan fingerprint density at radius 3 is 2.70 bits per heavy atom. The summed E-state index contributed by atoms with van der Waals surface area (Å²) < 4.78 is 0. The van der Waals surface area contributed by atoms with E-state index >= 15 is 0 Å². The van der Waals surface area contributed by atoms with Gasteiger partial charge in [-0.3, -0.25) is 9.69 Å². The van der Waals surface area contributed by atoms with E-state index in [9.17, 15) is 4.79 Å². The van der Waals surface area contributed by atoms with Gasteiger partial charge < -0.3 is 4.90 Å². The number of carbonyl (C=O) groups is 1. The summed E-state index contributed by atoms with van der Waals surface area (Å²) in [6.45, 7) is 3.79. The van der Waals surface area contributed by atoms with Gasteiger partial charge >= 0.3 is 0 Å². The van der Waals surface area contributed by atoms with Crippen LogP contribution in [0.5, 0.6) is 0 Å². The first-order valence-corrected chi connectivity index (χ1v) is 10.4. The van der Waals surface area contributed by atoms with Crippen molar-refractivity contribution >= 4 is 29.1 Å². The predicted octanol–water partition coefficient (Wildman–Crippen LogP) is 4.59. The van der Waals surface area contributed by atoms with Crippen LogP contribution in [0, 0.1) is 0 Å². The molecule has 2 aliphatic heterocycles. The number of halogens is 2. The van der Waals surface area contributed by atoms with Crippen LogP contribution in [0.15, 0.2) is 42.5 Å². The molecule has 2 heterocycles. The van der Waals surface area contributed by atoms with Crippen LogP contribution in [-0.2, 0) is 24.2 Å². The second kappa shape index (κ2) is 8.22. The average Bonchev–Trinajstić information content (AvgIpc) is 3.17. The van der Waals surface area contributed by atoms with Crippen molar-refractivity contribution in [3.63, 3.8) is 0 Å². The van der Waals surface area contributed by atoms with Crippen molar-refractivity contribution in [2.45, 2.75) is 38.3 Å². The van der Waals surface area contributed by atoms with Crippen molar-refractivity contribution in [2.24, 2.45) is 0 Å². The lowest BCUT2D eigenvalue weighted by Gasteiger charge is -2.33. The average molecular weight is 403 g/mol. The molecule has 2 aromatic carbocycles. The lowest BCUT2D eigenvalue weighted by molar-refractivity contribution is -0.130. The van der Waals surface area contributed by atoms with Gasteiger partial charge in [0.2, 0.25) is 5.91 Å². The van der Waals surface area contributed by atoms with Crippen molar-refractivity contribution in [3.05, 3.63) is 69.2 Å². The Labute approximate surface area is 170 Å². The van der Waals surface area contributed by atoms with Gasteiger partial charge in [0.25, 0.3) is 0 Å². The minimum atomic E-state index is 0.223. The summed E-state index contributed by atoms with van der Waals surface area (Å²) in [7, 11) is 0. The zero-order valence-corrected chi connectivity index (χ0v) is 16.8. The van der Waals surface area contributed by atoms with Crippen LogP contribution < -0.4 is 0 Å². The number of hydrogen-bond acceptors (Lipinski definition) is 2. The molecule has 0 spiro atoms. The molecular formula is C22H24Cl2N2O. The lowest BCUT2D eigenvalue weighted by Crippen LogP contribution is -2.41. The Bertz CT molecular complexity index is 839. The fourth-order valence-corrected chi connectivity index (χ4v) is 4.72. The van der Waals surface area contributed by atoms with Crippen LogP contribution >= 0.6 is 23.2 Å². The maximum atomic E-state index is 12.7. The molecule has 0 aromatic heterocycles. The fraction of sp³-hybridized carbons (Fsp3) is 0.409. The highest BCUT2D eigenvalue weighted by Crippen LogP contribution is 2.26. The summed E-state index contributed by atoms with van der Waals surface area (Å²) in [6.07, 6.45) is 3.33. The first kappa shape index (κ1) is 18.8. The van der Waals surface area contributed by atoms with Gasteiger partial charge in [0, 0.05) is 48.7 Å². The molecule has 0 N–H and O–H groups in total. The van der Waals surface area contributed by atoms with Gasteiger partial charge in [0.15, 0.2) is 0 Å². The van der Waals surface area contributed by atoms with Gasteiger partial charge in [0.1, 0.15) is 0 Å². The highest BCUT2D eigenvalue weighted by atomic mass is 35.5. The van der Waals surface area contributed by atoms with Crippen LogP contribution in [0.4, 0.5) is 0 Å². The number of nitrogens with zero attached hydrogens (tertiary/aromatic N) is 2. The largest absolute Gasteiger partial charge is 0.341 e. The standard InChI is InChI=1S/C22H24Cl2N2O/c23-19-7-5-17(21(24)13-19)6-8-22(27)26-12-10-20(15-26)25-11-9-16-3-1-2-4-18(16)14-25/h1-5,7,13,20H,6,8-12,14-15H2. The molecule has 0 saturated carbocycles. The van der Waals surface area contributed by atoms with Gasteiger partial charge in [-0.15, -0.1) is 0 Å². The van der Waals surface area contributed by atoms with Crippen molar-refractivity contribution in [3.8, 4) is 0 Å².